The second-order valence-electron chi connectivity index (χ2n) is 5.20. The summed E-state index contributed by atoms with van der Waals surface area (Å²) in [6.45, 7) is -2.81. The number of aliphatic hydroxyl groups excluding tert-OH is 1. The SMILES string of the molecule is OC(CC1CCCCC1)c1ccc(OC(F)F)cc1. The molecule has 1 aliphatic rings. The van der Waals surface area contributed by atoms with Gasteiger partial charge in [0.05, 0.1) is 6.10 Å². The van der Waals surface area contributed by atoms with Crippen molar-refractivity contribution >= 4 is 0 Å². The lowest BCUT2D eigenvalue weighted by molar-refractivity contribution is -0.0498. The minimum absolute atomic E-state index is 0.128. The highest BCUT2D eigenvalue weighted by molar-refractivity contribution is 5.28. The Balaban J connectivity index is 1.89. The van der Waals surface area contributed by atoms with Crippen molar-refractivity contribution in [3.63, 3.8) is 0 Å². The Kier molecular flexibility index (Phi) is 5.14. The third-order valence-corrected chi connectivity index (χ3v) is 3.77. The van der Waals surface area contributed by atoms with Crippen LogP contribution < -0.4 is 4.74 Å². The fourth-order valence-electron chi connectivity index (χ4n) is 2.75. The molecule has 1 atom stereocenters. The first-order chi connectivity index (χ1) is 9.15. The van der Waals surface area contributed by atoms with Crippen molar-refractivity contribution in [3.8, 4) is 5.75 Å². The minimum Gasteiger partial charge on any atom is -0.435 e. The van der Waals surface area contributed by atoms with Gasteiger partial charge in [-0.15, -0.1) is 0 Å². The predicted octanol–water partition coefficient (Wildman–Crippen LogP) is 4.29. The quantitative estimate of drug-likeness (QED) is 0.864. The summed E-state index contributed by atoms with van der Waals surface area (Å²) in [4.78, 5) is 0. The number of hydrogen-bond donors (Lipinski definition) is 1. The monoisotopic (exact) mass is 270 g/mol. The van der Waals surface area contributed by atoms with Crippen molar-refractivity contribution in [1.82, 2.24) is 0 Å². The van der Waals surface area contributed by atoms with E-state index in [1.54, 1.807) is 12.1 Å². The largest absolute Gasteiger partial charge is 0.435 e. The molecule has 0 aliphatic heterocycles. The van der Waals surface area contributed by atoms with Gasteiger partial charge >= 0.3 is 6.61 Å². The van der Waals surface area contributed by atoms with Crippen molar-refractivity contribution in [2.45, 2.75) is 51.2 Å². The zero-order chi connectivity index (χ0) is 13.7. The summed E-state index contributed by atoms with van der Waals surface area (Å²) in [5.41, 5.74) is 0.771. The van der Waals surface area contributed by atoms with E-state index in [2.05, 4.69) is 4.74 Å². The third kappa shape index (κ3) is 4.46. The van der Waals surface area contributed by atoms with Crippen LogP contribution in [0.4, 0.5) is 8.78 Å². The molecule has 1 N–H and O–H groups in total. The molecular formula is C15H20F2O2. The molecule has 1 aliphatic carbocycles. The van der Waals surface area contributed by atoms with Gasteiger partial charge in [0.1, 0.15) is 5.75 Å². The van der Waals surface area contributed by atoms with Gasteiger partial charge in [0.25, 0.3) is 0 Å². The normalized spacial score (nSPS) is 18.5. The van der Waals surface area contributed by atoms with Crippen molar-refractivity contribution in [1.29, 1.82) is 0 Å². The second kappa shape index (κ2) is 6.85. The molecule has 1 saturated carbocycles. The maximum absolute atomic E-state index is 12.0. The van der Waals surface area contributed by atoms with Gasteiger partial charge in [0, 0.05) is 0 Å². The number of halogens is 2. The molecule has 0 aromatic heterocycles. The van der Waals surface area contributed by atoms with Crippen LogP contribution in [0.1, 0.15) is 50.2 Å². The Morgan fingerprint density at radius 2 is 1.74 bits per heavy atom. The topological polar surface area (TPSA) is 29.5 Å². The maximum Gasteiger partial charge on any atom is 0.387 e. The molecule has 19 heavy (non-hydrogen) atoms. The molecule has 0 radical (unpaired) electrons. The van der Waals surface area contributed by atoms with Gasteiger partial charge in [-0.2, -0.15) is 8.78 Å². The summed E-state index contributed by atoms with van der Waals surface area (Å²) in [6.07, 6.45) is 6.41. The van der Waals surface area contributed by atoms with Crippen LogP contribution in [0.5, 0.6) is 5.75 Å². The molecular weight excluding hydrogens is 250 g/mol. The van der Waals surface area contributed by atoms with Crippen molar-refractivity contribution in [3.05, 3.63) is 29.8 Å². The summed E-state index contributed by atoms with van der Waals surface area (Å²) in [5, 5.41) is 10.2. The average Bonchev–Trinajstić information content (AvgIpc) is 2.40. The van der Waals surface area contributed by atoms with E-state index in [1.807, 2.05) is 0 Å². The molecule has 2 nitrogen and oxygen atoms in total. The minimum atomic E-state index is -2.81. The number of benzene rings is 1. The Hall–Kier alpha value is -1.16. The third-order valence-electron chi connectivity index (χ3n) is 3.77. The standard InChI is InChI=1S/C15H20F2O2/c16-15(17)19-13-8-6-12(7-9-13)14(18)10-11-4-2-1-3-5-11/h6-9,11,14-15,18H,1-5,10H2. The lowest BCUT2D eigenvalue weighted by Crippen LogP contribution is -2.11. The molecule has 106 valence electrons. The zero-order valence-electron chi connectivity index (χ0n) is 10.9. The van der Waals surface area contributed by atoms with Crippen molar-refractivity contribution in [2.75, 3.05) is 0 Å². The van der Waals surface area contributed by atoms with E-state index in [0.717, 1.165) is 12.0 Å². The van der Waals surface area contributed by atoms with E-state index in [9.17, 15) is 13.9 Å². The van der Waals surface area contributed by atoms with E-state index in [1.165, 1.54) is 44.2 Å². The van der Waals surface area contributed by atoms with Gasteiger partial charge in [-0.3, -0.25) is 0 Å². The average molecular weight is 270 g/mol. The number of rotatable bonds is 5. The Labute approximate surface area is 112 Å². The zero-order valence-corrected chi connectivity index (χ0v) is 10.9. The van der Waals surface area contributed by atoms with Crippen LogP contribution in [-0.2, 0) is 0 Å². The van der Waals surface area contributed by atoms with Gasteiger partial charge in [-0.25, -0.2) is 0 Å². The Morgan fingerprint density at radius 3 is 2.32 bits per heavy atom. The summed E-state index contributed by atoms with van der Waals surface area (Å²) in [5.74, 6) is 0.712. The van der Waals surface area contributed by atoms with Gasteiger partial charge in [0.2, 0.25) is 0 Å². The molecule has 1 aromatic carbocycles. The number of alkyl halides is 2. The lowest BCUT2D eigenvalue weighted by atomic mass is 9.84. The molecule has 4 heteroatoms. The summed E-state index contributed by atoms with van der Waals surface area (Å²) < 4.78 is 28.3. The first-order valence-electron chi connectivity index (χ1n) is 6.88. The molecule has 1 unspecified atom stereocenters. The first kappa shape index (κ1) is 14.3. The Morgan fingerprint density at radius 1 is 1.11 bits per heavy atom. The second-order valence-corrected chi connectivity index (χ2v) is 5.20. The highest BCUT2D eigenvalue weighted by atomic mass is 19.3. The van der Waals surface area contributed by atoms with Crippen molar-refractivity contribution in [2.24, 2.45) is 5.92 Å². The van der Waals surface area contributed by atoms with Crippen molar-refractivity contribution < 1.29 is 18.6 Å². The maximum atomic E-state index is 12.0. The van der Waals surface area contributed by atoms with Crippen LogP contribution >= 0.6 is 0 Å². The van der Waals surface area contributed by atoms with Crippen LogP contribution in [0, 0.1) is 5.92 Å². The summed E-state index contributed by atoms with van der Waals surface area (Å²) in [7, 11) is 0. The first-order valence-corrected chi connectivity index (χ1v) is 6.88. The highest BCUT2D eigenvalue weighted by Crippen LogP contribution is 2.32. The number of aliphatic hydroxyl groups is 1. The van der Waals surface area contributed by atoms with E-state index < -0.39 is 12.7 Å². The van der Waals surface area contributed by atoms with Gasteiger partial charge in [-0.1, -0.05) is 44.2 Å². The smallest absolute Gasteiger partial charge is 0.387 e. The van der Waals surface area contributed by atoms with Crippen LogP contribution in [0.15, 0.2) is 24.3 Å². The van der Waals surface area contributed by atoms with Crippen LogP contribution in [-0.4, -0.2) is 11.7 Å². The van der Waals surface area contributed by atoms with Crippen LogP contribution in [0.3, 0.4) is 0 Å². The summed E-state index contributed by atoms with van der Waals surface area (Å²) >= 11 is 0. The lowest BCUT2D eigenvalue weighted by Gasteiger charge is -2.24. The molecule has 0 heterocycles. The number of ether oxygens (including phenoxy) is 1. The molecule has 0 saturated heterocycles. The van der Waals surface area contributed by atoms with E-state index >= 15 is 0 Å². The van der Waals surface area contributed by atoms with E-state index in [4.69, 9.17) is 0 Å². The number of hydrogen-bond acceptors (Lipinski definition) is 2. The fraction of sp³-hybridized carbons (Fsp3) is 0.600. The molecule has 1 aromatic rings. The fourth-order valence-corrected chi connectivity index (χ4v) is 2.75. The van der Waals surface area contributed by atoms with Gasteiger partial charge in [0.15, 0.2) is 0 Å². The predicted molar refractivity (Wildman–Crippen MR) is 69.2 cm³/mol. The van der Waals surface area contributed by atoms with Gasteiger partial charge < -0.3 is 9.84 Å². The van der Waals surface area contributed by atoms with E-state index in [-0.39, 0.29) is 5.75 Å². The van der Waals surface area contributed by atoms with Crippen LogP contribution in [0.2, 0.25) is 0 Å². The van der Waals surface area contributed by atoms with E-state index in [0.29, 0.717) is 5.92 Å². The molecule has 0 spiro atoms. The Bertz CT molecular complexity index is 372. The summed E-state index contributed by atoms with van der Waals surface area (Å²) in [6, 6.07) is 6.27. The molecule has 1 fully saturated rings. The molecule has 0 bridgehead atoms. The van der Waals surface area contributed by atoms with Gasteiger partial charge in [-0.05, 0) is 30.0 Å². The van der Waals surface area contributed by atoms with Crippen LogP contribution in [0.25, 0.3) is 0 Å². The molecule has 0 amide bonds. The molecule has 2 rings (SSSR count). The highest BCUT2D eigenvalue weighted by Gasteiger charge is 2.18.